The highest BCUT2D eigenvalue weighted by Gasteiger charge is 2.30. The first-order valence-electron chi connectivity index (χ1n) is 9.82. The molecule has 2 N–H and O–H groups in total. The van der Waals surface area contributed by atoms with Crippen LogP contribution in [0, 0.1) is 5.92 Å². The summed E-state index contributed by atoms with van der Waals surface area (Å²) in [6.45, 7) is 9.34. The minimum atomic E-state index is -3.31. The molecule has 0 spiro atoms. The average Bonchev–Trinajstić information content (AvgIpc) is 2.64. The van der Waals surface area contributed by atoms with Crippen molar-refractivity contribution >= 4 is 11.2 Å². The molecule has 28 heavy (non-hydrogen) atoms. The molecule has 0 aromatic heterocycles. The fraction of sp³-hybridized carbons (Fsp3) is 0.700. The third kappa shape index (κ3) is 5.75. The van der Waals surface area contributed by atoms with E-state index in [0.29, 0.717) is 6.42 Å². The summed E-state index contributed by atoms with van der Waals surface area (Å²) in [5, 5.41) is 0. The van der Waals surface area contributed by atoms with Crippen LogP contribution in [0.5, 0.6) is 11.5 Å². The lowest BCUT2D eigenvalue weighted by molar-refractivity contribution is 0.0490. The van der Waals surface area contributed by atoms with Gasteiger partial charge < -0.3 is 9.47 Å². The molecule has 0 amide bonds. The van der Waals surface area contributed by atoms with E-state index >= 15 is 0 Å². The zero-order chi connectivity index (χ0) is 20.4. The molecule has 3 rings (SSSR count). The quantitative estimate of drug-likeness (QED) is 0.748. The summed E-state index contributed by atoms with van der Waals surface area (Å²) in [6, 6.07) is 5.92. The van der Waals surface area contributed by atoms with Crippen molar-refractivity contribution in [2.45, 2.75) is 51.7 Å². The number of ether oxygens (including phenoxy) is 2. The number of hydrogen-bond acceptors (Lipinski definition) is 7. The topological polar surface area (TPSA) is 80.6 Å². The number of rotatable bonds is 5. The molecule has 2 fully saturated rings. The third-order valence-electron chi connectivity index (χ3n) is 5.38. The molecule has 1 aromatic carbocycles. The smallest absolute Gasteiger partial charge is 0.219 e. The Labute approximate surface area is 169 Å². The predicted octanol–water partition coefficient (Wildman–Crippen LogP) is 4.12. The van der Waals surface area contributed by atoms with Gasteiger partial charge in [-0.1, -0.05) is 6.07 Å². The second kappa shape index (κ2) is 8.77. The van der Waals surface area contributed by atoms with Gasteiger partial charge in [0.1, 0.15) is 17.6 Å². The van der Waals surface area contributed by atoms with Crippen LogP contribution in [0.3, 0.4) is 0 Å². The van der Waals surface area contributed by atoms with Gasteiger partial charge in [-0.3, -0.25) is 22.4 Å². The van der Waals surface area contributed by atoms with E-state index in [4.69, 9.17) is 17.8 Å². The molecule has 2 aliphatic rings. The summed E-state index contributed by atoms with van der Waals surface area (Å²) in [5.74, 6) is 1.63. The molecule has 0 saturated carbocycles. The summed E-state index contributed by atoms with van der Waals surface area (Å²) in [7, 11) is 1.65. The first-order chi connectivity index (χ1) is 13.2. The molecule has 1 aromatic rings. The van der Waals surface area contributed by atoms with Crippen LogP contribution >= 0.6 is 11.2 Å². The van der Waals surface area contributed by atoms with E-state index in [1.807, 2.05) is 18.2 Å². The van der Waals surface area contributed by atoms with Crippen LogP contribution in [-0.4, -0.2) is 59.1 Å². The maximum Gasteiger partial charge on any atom is 0.219 e. The maximum atomic E-state index is 9.36. The van der Waals surface area contributed by atoms with Crippen LogP contribution < -0.4 is 9.47 Å². The van der Waals surface area contributed by atoms with Gasteiger partial charge in [-0.2, -0.15) is 0 Å². The summed E-state index contributed by atoms with van der Waals surface area (Å²) in [6.07, 6.45) is 2.93. The Hall–Kier alpha value is -1.03. The van der Waals surface area contributed by atoms with Crippen molar-refractivity contribution in [3.05, 3.63) is 23.8 Å². The molecule has 8 heteroatoms. The van der Waals surface area contributed by atoms with Crippen LogP contribution in [0.25, 0.3) is 0 Å². The summed E-state index contributed by atoms with van der Waals surface area (Å²) < 4.78 is 40.5. The molecule has 2 aliphatic heterocycles. The zero-order valence-electron chi connectivity index (χ0n) is 17.2. The van der Waals surface area contributed by atoms with E-state index in [2.05, 4.69) is 25.7 Å². The second-order valence-electron chi connectivity index (χ2n) is 8.54. The van der Waals surface area contributed by atoms with Crippen molar-refractivity contribution in [3.63, 3.8) is 0 Å². The number of hydrogen-bond donors (Lipinski definition) is 2. The Morgan fingerprint density at radius 1 is 1.14 bits per heavy atom. The monoisotopic (exact) mass is 415 g/mol. The highest BCUT2D eigenvalue weighted by atomic mass is 32.3. The van der Waals surface area contributed by atoms with E-state index < -0.39 is 11.2 Å². The third-order valence-corrected chi connectivity index (χ3v) is 6.26. The van der Waals surface area contributed by atoms with Crippen LogP contribution in [0.2, 0.25) is 0 Å². The molecule has 160 valence electrons. The van der Waals surface area contributed by atoms with Gasteiger partial charge in [0.2, 0.25) is 11.2 Å². The zero-order valence-corrected chi connectivity index (χ0v) is 18.0. The van der Waals surface area contributed by atoms with Gasteiger partial charge in [-0.05, 0) is 51.7 Å². The SMILES string of the molecule is COc1cc(OC2CCN(C(C)(C)C)CC2)ccc1CC1COS(O)(O)OC1. The predicted molar refractivity (Wildman–Crippen MR) is 110 cm³/mol. The Balaban J connectivity index is 1.56. The Kier molecular flexibility index (Phi) is 6.79. The van der Waals surface area contributed by atoms with Gasteiger partial charge in [0.25, 0.3) is 0 Å². The summed E-state index contributed by atoms with van der Waals surface area (Å²) >= 11 is -3.31. The average molecular weight is 416 g/mol. The molecule has 2 saturated heterocycles. The lowest BCUT2D eigenvalue weighted by Gasteiger charge is -2.40. The van der Waals surface area contributed by atoms with E-state index in [9.17, 15) is 9.11 Å². The first kappa shape index (κ1) is 21.7. The number of likely N-dealkylation sites (tertiary alicyclic amines) is 1. The molecule has 0 aliphatic carbocycles. The van der Waals surface area contributed by atoms with Crippen LogP contribution in [0.4, 0.5) is 0 Å². The minimum Gasteiger partial charge on any atom is -0.496 e. The molecular weight excluding hydrogens is 382 g/mol. The van der Waals surface area contributed by atoms with Crippen molar-refractivity contribution in [2.75, 3.05) is 33.4 Å². The van der Waals surface area contributed by atoms with E-state index in [1.54, 1.807) is 7.11 Å². The standard InChI is InChI=1S/C20H33NO6S/c1-20(2,3)21-9-7-17(8-10-21)27-18-6-5-16(19(12-18)24-4)11-15-13-25-28(22,23)26-14-15/h5-6,12,15,17,22-23H,7-11,13-14H2,1-4H3. The molecule has 0 unspecified atom stereocenters. The number of nitrogens with zero attached hydrogens (tertiary/aromatic N) is 1. The van der Waals surface area contributed by atoms with Gasteiger partial charge in [0, 0.05) is 30.6 Å². The normalized spacial score (nSPS) is 23.4. The van der Waals surface area contributed by atoms with Gasteiger partial charge in [-0.15, -0.1) is 0 Å². The minimum absolute atomic E-state index is 0.0438. The molecule has 2 heterocycles. The highest BCUT2D eigenvalue weighted by Crippen LogP contribution is 2.45. The number of benzene rings is 1. The van der Waals surface area contributed by atoms with Crippen molar-refractivity contribution in [3.8, 4) is 11.5 Å². The molecule has 0 radical (unpaired) electrons. The summed E-state index contributed by atoms with van der Waals surface area (Å²) in [4.78, 5) is 2.50. The van der Waals surface area contributed by atoms with Gasteiger partial charge in [-0.25, -0.2) is 0 Å². The lowest BCUT2D eigenvalue weighted by atomic mass is 9.99. The van der Waals surface area contributed by atoms with Crippen LogP contribution in [0.1, 0.15) is 39.2 Å². The largest absolute Gasteiger partial charge is 0.496 e. The lowest BCUT2D eigenvalue weighted by Crippen LogP contribution is -2.48. The molecule has 0 atom stereocenters. The second-order valence-corrected chi connectivity index (χ2v) is 9.90. The van der Waals surface area contributed by atoms with Gasteiger partial charge in [0.15, 0.2) is 0 Å². The maximum absolute atomic E-state index is 9.36. The van der Waals surface area contributed by atoms with Crippen molar-refractivity contribution in [1.82, 2.24) is 4.90 Å². The Bertz CT molecular complexity index is 645. The van der Waals surface area contributed by atoms with Crippen molar-refractivity contribution in [1.29, 1.82) is 0 Å². The van der Waals surface area contributed by atoms with Gasteiger partial charge in [0.05, 0.1) is 20.3 Å². The van der Waals surface area contributed by atoms with Crippen molar-refractivity contribution < 1.29 is 26.9 Å². The van der Waals surface area contributed by atoms with Crippen LogP contribution in [-0.2, 0) is 14.8 Å². The Morgan fingerprint density at radius 3 is 2.36 bits per heavy atom. The van der Waals surface area contributed by atoms with Crippen molar-refractivity contribution in [2.24, 2.45) is 5.92 Å². The van der Waals surface area contributed by atoms with Gasteiger partial charge >= 0.3 is 0 Å². The first-order valence-corrected chi connectivity index (χ1v) is 11.2. The van der Waals surface area contributed by atoms with E-state index in [-0.39, 0.29) is 30.8 Å². The number of methoxy groups -OCH3 is 1. The highest BCUT2D eigenvalue weighted by molar-refractivity contribution is 8.16. The fourth-order valence-electron chi connectivity index (χ4n) is 3.68. The van der Waals surface area contributed by atoms with E-state index in [1.165, 1.54) is 0 Å². The van der Waals surface area contributed by atoms with E-state index in [0.717, 1.165) is 43.0 Å². The fourth-order valence-corrected chi connectivity index (χ4v) is 4.49. The summed E-state index contributed by atoms with van der Waals surface area (Å²) in [5.41, 5.74) is 1.23. The van der Waals surface area contributed by atoms with Crippen LogP contribution in [0.15, 0.2) is 18.2 Å². The number of piperidine rings is 1. The Morgan fingerprint density at radius 2 is 1.79 bits per heavy atom. The molecule has 0 bridgehead atoms. The molecular formula is C20H33NO6S. The molecule has 7 nitrogen and oxygen atoms in total.